The van der Waals surface area contributed by atoms with Gasteiger partial charge < -0.3 is 0 Å². The number of rotatable bonds is 5. The van der Waals surface area contributed by atoms with Crippen LogP contribution in [0, 0.1) is 5.92 Å². The second kappa shape index (κ2) is 5.75. The van der Waals surface area contributed by atoms with E-state index in [0.717, 1.165) is 11.8 Å². The molecule has 0 fully saturated rings. The van der Waals surface area contributed by atoms with Gasteiger partial charge in [0, 0.05) is 17.4 Å². The minimum Gasteiger partial charge on any atom is -0.281 e. The number of alkyl halides is 3. The van der Waals surface area contributed by atoms with E-state index in [0.29, 0.717) is 5.75 Å². The van der Waals surface area contributed by atoms with Crippen LogP contribution in [0.15, 0.2) is 0 Å². The van der Waals surface area contributed by atoms with E-state index in [4.69, 9.17) is 11.6 Å². The summed E-state index contributed by atoms with van der Waals surface area (Å²) in [7, 11) is 0. The van der Waals surface area contributed by atoms with Crippen molar-refractivity contribution in [2.24, 2.45) is 5.92 Å². The zero-order chi connectivity index (χ0) is 10.5. The highest BCUT2D eigenvalue weighted by Crippen LogP contribution is 2.23. The van der Waals surface area contributed by atoms with Crippen molar-refractivity contribution in [3.8, 4) is 0 Å². The van der Waals surface area contributed by atoms with E-state index in [1.54, 1.807) is 6.92 Å². The first kappa shape index (κ1) is 13.1. The number of carbonyl (C=O) groups is 1. The molecular formula is C7H10ClF3OS. The van der Waals surface area contributed by atoms with Crippen LogP contribution in [0.4, 0.5) is 13.2 Å². The molecule has 0 heterocycles. The van der Waals surface area contributed by atoms with Crippen LogP contribution in [0.25, 0.3) is 0 Å². The average Bonchev–Trinajstić information content (AvgIpc) is 1.95. The van der Waals surface area contributed by atoms with Gasteiger partial charge in [-0.2, -0.15) is 24.9 Å². The molecule has 0 aliphatic carbocycles. The summed E-state index contributed by atoms with van der Waals surface area (Å²) in [6, 6.07) is 0. The molecule has 78 valence electrons. The van der Waals surface area contributed by atoms with Gasteiger partial charge in [-0.25, -0.2) is 0 Å². The summed E-state index contributed by atoms with van der Waals surface area (Å²) in [5, 5.41) is -0.500. The molecule has 0 aliphatic heterocycles. The van der Waals surface area contributed by atoms with Gasteiger partial charge in [-0.3, -0.25) is 4.79 Å². The van der Waals surface area contributed by atoms with E-state index < -0.39 is 17.8 Å². The first-order valence-corrected chi connectivity index (χ1v) is 5.20. The van der Waals surface area contributed by atoms with E-state index >= 15 is 0 Å². The maximum atomic E-state index is 11.6. The van der Waals surface area contributed by atoms with Crippen LogP contribution in [0.5, 0.6) is 0 Å². The average molecular weight is 235 g/mol. The van der Waals surface area contributed by atoms with Gasteiger partial charge in [-0.1, -0.05) is 6.92 Å². The lowest BCUT2D eigenvalue weighted by Crippen LogP contribution is -2.11. The second-order valence-electron chi connectivity index (χ2n) is 2.65. The standard InChI is InChI=1S/C7H10ClF3OS/c1-5(6(8)12)4-13-3-2-7(9,10)11/h5H,2-4H2,1H3. The van der Waals surface area contributed by atoms with Crippen LogP contribution in [0.1, 0.15) is 13.3 Å². The van der Waals surface area contributed by atoms with E-state index in [2.05, 4.69) is 0 Å². The number of hydrogen-bond donors (Lipinski definition) is 0. The van der Waals surface area contributed by atoms with Crippen LogP contribution in [-0.2, 0) is 4.79 Å². The zero-order valence-corrected chi connectivity index (χ0v) is 8.60. The maximum Gasteiger partial charge on any atom is 0.389 e. The lowest BCUT2D eigenvalue weighted by atomic mass is 10.2. The van der Waals surface area contributed by atoms with Crippen molar-refractivity contribution in [3.63, 3.8) is 0 Å². The Morgan fingerprint density at radius 3 is 2.46 bits per heavy atom. The maximum absolute atomic E-state index is 11.6. The molecular weight excluding hydrogens is 225 g/mol. The molecule has 0 aliphatic rings. The Hall–Kier alpha value is 0.1000. The minimum absolute atomic E-state index is 0.0159. The van der Waals surface area contributed by atoms with Gasteiger partial charge in [-0.15, -0.1) is 0 Å². The van der Waals surface area contributed by atoms with Gasteiger partial charge in [0.05, 0.1) is 6.42 Å². The molecule has 1 unspecified atom stereocenters. The Labute approximate surface area is 84.0 Å². The Morgan fingerprint density at radius 2 is 2.08 bits per heavy atom. The summed E-state index contributed by atoms with van der Waals surface area (Å²) in [6.07, 6.45) is -4.93. The molecule has 0 aromatic rings. The molecule has 0 bridgehead atoms. The van der Waals surface area contributed by atoms with Crippen molar-refractivity contribution in [1.82, 2.24) is 0 Å². The van der Waals surface area contributed by atoms with E-state index in [1.807, 2.05) is 0 Å². The molecule has 0 radical (unpaired) electrons. The lowest BCUT2D eigenvalue weighted by molar-refractivity contribution is -0.129. The fourth-order valence-electron chi connectivity index (χ4n) is 0.514. The molecule has 0 aromatic carbocycles. The van der Waals surface area contributed by atoms with Gasteiger partial charge in [0.2, 0.25) is 5.24 Å². The first-order valence-electron chi connectivity index (χ1n) is 3.67. The summed E-state index contributed by atoms with van der Waals surface area (Å²) >= 11 is 6.21. The number of hydrogen-bond acceptors (Lipinski definition) is 2. The van der Waals surface area contributed by atoms with Crippen LogP contribution in [0.3, 0.4) is 0 Å². The summed E-state index contributed by atoms with van der Waals surface area (Å²) in [5.41, 5.74) is 0. The first-order chi connectivity index (χ1) is 5.83. The Bertz CT molecular complexity index is 172. The highest BCUT2D eigenvalue weighted by atomic mass is 35.5. The van der Waals surface area contributed by atoms with Crippen LogP contribution >= 0.6 is 23.4 Å². The molecule has 0 N–H and O–H groups in total. The Balaban J connectivity index is 3.41. The highest BCUT2D eigenvalue weighted by molar-refractivity contribution is 7.99. The van der Waals surface area contributed by atoms with Crippen molar-refractivity contribution in [3.05, 3.63) is 0 Å². The third-order valence-corrected chi connectivity index (χ3v) is 2.89. The minimum atomic E-state index is -4.11. The molecule has 0 saturated heterocycles. The van der Waals surface area contributed by atoms with Crippen LogP contribution in [0.2, 0.25) is 0 Å². The van der Waals surface area contributed by atoms with Gasteiger partial charge in [0.25, 0.3) is 0 Å². The van der Waals surface area contributed by atoms with Gasteiger partial charge in [0.15, 0.2) is 0 Å². The van der Waals surface area contributed by atoms with E-state index in [1.165, 1.54) is 0 Å². The summed E-state index contributed by atoms with van der Waals surface area (Å²) < 4.78 is 34.9. The van der Waals surface area contributed by atoms with Gasteiger partial charge in [-0.05, 0) is 11.6 Å². The van der Waals surface area contributed by atoms with Gasteiger partial charge in [0.1, 0.15) is 0 Å². The van der Waals surface area contributed by atoms with E-state index in [-0.39, 0.29) is 11.7 Å². The molecule has 0 amide bonds. The van der Waals surface area contributed by atoms with Crippen molar-refractivity contribution in [1.29, 1.82) is 0 Å². The number of carbonyl (C=O) groups excluding carboxylic acids is 1. The predicted octanol–water partition coefficient (Wildman–Crippen LogP) is 3.07. The van der Waals surface area contributed by atoms with Crippen molar-refractivity contribution >= 4 is 28.6 Å². The molecule has 13 heavy (non-hydrogen) atoms. The summed E-state index contributed by atoms with van der Waals surface area (Å²) in [6.45, 7) is 1.59. The molecule has 0 saturated carbocycles. The highest BCUT2D eigenvalue weighted by Gasteiger charge is 2.26. The molecule has 6 heteroatoms. The molecule has 0 aromatic heterocycles. The van der Waals surface area contributed by atoms with Crippen LogP contribution in [-0.4, -0.2) is 22.9 Å². The normalized spacial score (nSPS) is 14.2. The largest absolute Gasteiger partial charge is 0.389 e. The quantitative estimate of drug-likeness (QED) is 0.537. The number of thioether (sulfide) groups is 1. The predicted molar refractivity (Wildman–Crippen MR) is 48.0 cm³/mol. The SMILES string of the molecule is CC(CSCCC(F)(F)F)C(=O)Cl. The summed E-state index contributed by atoms with van der Waals surface area (Å²) in [5.74, 6) is -0.0453. The molecule has 1 atom stereocenters. The van der Waals surface area contributed by atoms with Crippen molar-refractivity contribution in [2.75, 3.05) is 11.5 Å². The second-order valence-corrected chi connectivity index (χ2v) is 4.17. The van der Waals surface area contributed by atoms with Crippen molar-refractivity contribution < 1.29 is 18.0 Å². The third-order valence-electron chi connectivity index (χ3n) is 1.29. The smallest absolute Gasteiger partial charge is 0.281 e. The van der Waals surface area contributed by atoms with Gasteiger partial charge >= 0.3 is 6.18 Å². The molecule has 0 rings (SSSR count). The summed E-state index contributed by atoms with van der Waals surface area (Å²) in [4.78, 5) is 10.5. The fraction of sp³-hybridized carbons (Fsp3) is 0.857. The monoisotopic (exact) mass is 234 g/mol. The molecule has 1 nitrogen and oxygen atoms in total. The Morgan fingerprint density at radius 1 is 1.54 bits per heavy atom. The zero-order valence-electron chi connectivity index (χ0n) is 7.03. The van der Waals surface area contributed by atoms with Crippen LogP contribution < -0.4 is 0 Å². The Kier molecular flexibility index (Phi) is 5.80. The fourth-order valence-corrected chi connectivity index (χ4v) is 1.73. The third kappa shape index (κ3) is 8.43. The van der Waals surface area contributed by atoms with Crippen molar-refractivity contribution in [2.45, 2.75) is 19.5 Å². The topological polar surface area (TPSA) is 17.1 Å². The van der Waals surface area contributed by atoms with E-state index in [9.17, 15) is 18.0 Å². The number of halogens is 4. The molecule has 0 spiro atoms. The lowest BCUT2D eigenvalue weighted by Gasteiger charge is -2.07.